The SMILES string of the molecule is Cc1nnsc1C(=O)NCC1CCC(O)C1. The molecular weight excluding hydrogens is 226 g/mol. The zero-order chi connectivity index (χ0) is 11.5. The van der Waals surface area contributed by atoms with Crippen LogP contribution in [-0.4, -0.2) is 33.2 Å². The fraction of sp³-hybridized carbons (Fsp3) is 0.700. The van der Waals surface area contributed by atoms with Crippen molar-refractivity contribution in [1.29, 1.82) is 0 Å². The van der Waals surface area contributed by atoms with Crippen molar-refractivity contribution in [3.63, 3.8) is 0 Å². The number of nitrogens with zero attached hydrogens (tertiary/aromatic N) is 2. The Morgan fingerprint density at radius 1 is 1.62 bits per heavy atom. The molecule has 16 heavy (non-hydrogen) atoms. The maximum Gasteiger partial charge on any atom is 0.264 e. The van der Waals surface area contributed by atoms with Gasteiger partial charge in [-0.2, -0.15) is 0 Å². The summed E-state index contributed by atoms with van der Waals surface area (Å²) in [7, 11) is 0. The molecule has 2 N–H and O–H groups in total. The molecule has 5 nitrogen and oxygen atoms in total. The van der Waals surface area contributed by atoms with Crippen LogP contribution in [0, 0.1) is 12.8 Å². The van der Waals surface area contributed by atoms with E-state index in [1.54, 1.807) is 6.92 Å². The lowest BCUT2D eigenvalue weighted by Gasteiger charge is -2.09. The molecule has 2 unspecified atom stereocenters. The first kappa shape index (κ1) is 11.5. The minimum Gasteiger partial charge on any atom is -0.393 e. The number of hydrogen-bond donors (Lipinski definition) is 2. The molecule has 0 aromatic carbocycles. The number of amides is 1. The molecule has 1 saturated carbocycles. The molecule has 0 aliphatic heterocycles. The molecule has 1 aliphatic carbocycles. The van der Waals surface area contributed by atoms with Gasteiger partial charge in [-0.25, -0.2) is 0 Å². The molecule has 1 heterocycles. The molecule has 0 saturated heterocycles. The summed E-state index contributed by atoms with van der Waals surface area (Å²) < 4.78 is 3.73. The third-order valence-electron chi connectivity index (χ3n) is 2.92. The van der Waals surface area contributed by atoms with E-state index in [0.29, 0.717) is 23.0 Å². The number of carbonyl (C=O) groups is 1. The zero-order valence-electron chi connectivity index (χ0n) is 9.14. The number of aryl methyl sites for hydroxylation is 1. The van der Waals surface area contributed by atoms with Gasteiger partial charge in [0.15, 0.2) is 0 Å². The lowest BCUT2D eigenvalue weighted by atomic mass is 10.1. The average molecular weight is 241 g/mol. The molecule has 6 heteroatoms. The molecule has 1 aromatic rings. The van der Waals surface area contributed by atoms with Crippen molar-refractivity contribution >= 4 is 17.4 Å². The Morgan fingerprint density at radius 2 is 2.44 bits per heavy atom. The molecule has 0 spiro atoms. The van der Waals surface area contributed by atoms with Crippen LogP contribution in [-0.2, 0) is 0 Å². The quantitative estimate of drug-likeness (QED) is 0.818. The summed E-state index contributed by atoms with van der Waals surface area (Å²) in [5, 5.41) is 16.0. The fourth-order valence-electron chi connectivity index (χ4n) is 1.99. The van der Waals surface area contributed by atoms with E-state index in [0.717, 1.165) is 30.8 Å². The van der Waals surface area contributed by atoms with Crippen LogP contribution in [0.4, 0.5) is 0 Å². The predicted molar refractivity (Wildman–Crippen MR) is 60.3 cm³/mol. The fourth-order valence-corrected chi connectivity index (χ4v) is 2.56. The molecule has 0 radical (unpaired) electrons. The standard InChI is InChI=1S/C10H15N3O2S/c1-6-9(16-13-12-6)10(15)11-5-7-2-3-8(14)4-7/h7-8,14H,2-5H2,1H3,(H,11,15). The smallest absolute Gasteiger partial charge is 0.264 e. The van der Waals surface area contributed by atoms with E-state index in [2.05, 4.69) is 14.9 Å². The van der Waals surface area contributed by atoms with Gasteiger partial charge in [0.25, 0.3) is 5.91 Å². The van der Waals surface area contributed by atoms with Gasteiger partial charge in [0, 0.05) is 6.54 Å². The van der Waals surface area contributed by atoms with Crippen LogP contribution in [0.15, 0.2) is 0 Å². The van der Waals surface area contributed by atoms with Gasteiger partial charge in [-0.15, -0.1) is 5.10 Å². The Hall–Kier alpha value is -1.01. The van der Waals surface area contributed by atoms with Gasteiger partial charge in [-0.1, -0.05) is 4.49 Å². The molecule has 1 fully saturated rings. The Labute approximate surface area is 98.0 Å². The maximum absolute atomic E-state index is 11.7. The van der Waals surface area contributed by atoms with Gasteiger partial charge < -0.3 is 10.4 Å². The number of rotatable bonds is 3. The molecule has 1 aromatic heterocycles. The minimum absolute atomic E-state index is 0.103. The van der Waals surface area contributed by atoms with Gasteiger partial charge in [0.2, 0.25) is 0 Å². The first-order chi connectivity index (χ1) is 7.66. The minimum atomic E-state index is -0.186. The van der Waals surface area contributed by atoms with Crippen molar-refractivity contribution in [2.24, 2.45) is 5.92 Å². The summed E-state index contributed by atoms with van der Waals surface area (Å²) in [6.07, 6.45) is 2.44. The zero-order valence-corrected chi connectivity index (χ0v) is 9.96. The number of aromatic nitrogens is 2. The van der Waals surface area contributed by atoms with Gasteiger partial charge in [-0.3, -0.25) is 4.79 Å². The first-order valence-corrected chi connectivity index (χ1v) is 6.19. The van der Waals surface area contributed by atoms with E-state index in [1.807, 2.05) is 0 Å². The largest absolute Gasteiger partial charge is 0.393 e. The molecule has 88 valence electrons. The summed E-state index contributed by atoms with van der Waals surface area (Å²) in [5.41, 5.74) is 0.675. The van der Waals surface area contributed by atoms with Gasteiger partial charge in [0.05, 0.1) is 11.8 Å². The maximum atomic E-state index is 11.7. The number of aliphatic hydroxyl groups is 1. The number of aliphatic hydroxyl groups excluding tert-OH is 1. The van der Waals surface area contributed by atoms with Crippen molar-refractivity contribution in [3.05, 3.63) is 10.6 Å². The van der Waals surface area contributed by atoms with Crippen LogP contribution in [0.5, 0.6) is 0 Å². The lowest BCUT2D eigenvalue weighted by molar-refractivity contribution is 0.0948. The molecule has 0 bridgehead atoms. The molecule has 2 atom stereocenters. The van der Waals surface area contributed by atoms with Crippen molar-refractivity contribution in [2.75, 3.05) is 6.54 Å². The monoisotopic (exact) mass is 241 g/mol. The summed E-state index contributed by atoms with van der Waals surface area (Å²) in [4.78, 5) is 12.3. The topological polar surface area (TPSA) is 75.1 Å². The Bertz CT molecular complexity index is 380. The van der Waals surface area contributed by atoms with Crippen molar-refractivity contribution < 1.29 is 9.90 Å². The van der Waals surface area contributed by atoms with E-state index < -0.39 is 0 Å². The van der Waals surface area contributed by atoms with E-state index in [4.69, 9.17) is 0 Å². The average Bonchev–Trinajstić information content (AvgIpc) is 2.84. The van der Waals surface area contributed by atoms with Crippen LogP contribution in [0.2, 0.25) is 0 Å². The third kappa shape index (κ3) is 2.56. The van der Waals surface area contributed by atoms with Crippen LogP contribution in [0.3, 0.4) is 0 Å². The highest BCUT2D eigenvalue weighted by atomic mass is 32.1. The Balaban J connectivity index is 1.82. The van der Waals surface area contributed by atoms with Crippen LogP contribution < -0.4 is 5.32 Å². The van der Waals surface area contributed by atoms with Crippen LogP contribution in [0.25, 0.3) is 0 Å². The van der Waals surface area contributed by atoms with Crippen molar-refractivity contribution in [2.45, 2.75) is 32.3 Å². The summed E-state index contributed by atoms with van der Waals surface area (Å²) in [6.45, 7) is 2.41. The molecule has 1 amide bonds. The highest BCUT2D eigenvalue weighted by Crippen LogP contribution is 2.24. The molecule has 2 rings (SSSR count). The number of nitrogens with one attached hydrogen (secondary N) is 1. The van der Waals surface area contributed by atoms with Gasteiger partial charge >= 0.3 is 0 Å². The number of hydrogen-bond acceptors (Lipinski definition) is 5. The summed E-state index contributed by atoms with van der Waals surface area (Å²) in [6, 6.07) is 0. The van der Waals surface area contributed by atoms with Crippen molar-refractivity contribution in [3.8, 4) is 0 Å². The van der Waals surface area contributed by atoms with Crippen molar-refractivity contribution in [1.82, 2.24) is 14.9 Å². The lowest BCUT2D eigenvalue weighted by Crippen LogP contribution is -2.28. The highest BCUT2D eigenvalue weighted by Gasteiger charge is 2.23. The normalized spacial score (nSPS) is 24.6. The first-order valence-electron chi connectivity index (χ1n) is 5.42. The van der Waals surface area contributed by atoms with Crippen LogP contribution in [0.1, 0.15) is 34.6 Å². The van der Waals surface area contributed by atoms with E-state index >= 15 is 0 Å². The second kappa shape index (κ2) is 4.88. The number of carbonyl (C=O) groups excluding carboxylic acids is 1. The predicted octanol–water partition coefficient (Wildman–Crippen LogP) is 0.737. The summed E-state index contributed by atoms with van der Waals surface area (Å²) in [5.74, 6) is 0.300. The third-order valence-corrected chi connectivity index (χ3v) is 3.75. The van der Waals surface area contributed by atoms with E-state index in [-0.39, 0.29) is 12.0 Å². The van der Waals surface area contributed by atoms with Gasteiger partial charge in [0.1, 0.15) is 4.88 Å². The van der Waals surface area contributed by atoms with E-state index in [9.17, 15) is 9.90 Å². The van der Waals surface area contributed by atoms with Gasteiger partial charge in [-0.05, 0) is 43.6 Å². The summed E-state index contributed by atoms with van der Waals surface area (Å²) >= 11 is 1.12. The second-order valence-corrected chi connectivity index (χ2v) is 4.98. The Morgan fingerprint density at radius 3 is 3.00 bits per heavy atom. The Kier molecular flexibility index (Phi) is 3.50. The molecule has 1 aliphatic rings. The molecular formula is C10H15N3O2S. The van der Waals surface area contributed by atoms with Crippen LogP contribution >= 0.6 is 11.5 Å². The van der Waals surface area contributed by atoms with E-state index in [1.165, 1.54) is 0 Å². The second-order valence-electron chi connectivity index (χ2n) is 4.23. The highest BCUT2D eigenvalue weighted by molar-refractivity contribution is 7.07.